The highest BCUT2D eigenvalue weighted by Gasteiger charge is 2.30. The van der Waals surface area contributed by atoms with Crippen molar-refractivity contribution in [2.45, 2.75) is 26.2 Å². The number of fused-ring (bicyclic) bond motifs is 1. The lowest BCUT2D eigenvalue weighted by atomic mass is 9.87. The highest BCUT2D eigenvalue weighted by Crippen LogP contribution is 2.43. The van der Waals surface area contributed by atoms with Gasteiger partial charge in [0.1, 0.15) is 0 Å². The van der Waals surface area contributed by atoms with E-state index in [1.807, 2.05) is 0 Å². The van der Waals surface area contributed by atoms with Crippen LogP contribution in [0.1, 0.15) is 36.1 Å². The van der Waals surface area contributed by atoms with Crippen LogP contribution in [0.25, 0.3) is 5.57 Å². The number of aryl methyl sites for hydroxylation is 1. The molecule has 1 aliphatic carbocycles. The molecule has 0 aromatic heterocycles. The Kier molecular flexibility index (Phi) is 2.90. The molecule has 1 heteroatoms. The van der Waals surface area contributed by atoms with Gasteiger partial charge in [0.05, 0.1) is 0 Å². The van der Waals surface area contributed by atoms with E-state index in [1.165, 1.54) is 27.8 Å². The Hall–Kier alpha value is -1.34. The number of benzene rings is 2. The Balaban J connectivity index is 2.17. The third-order valence-electron chi connectivity index (χ3n) is 3.83. The highest BCUT2D eigenvalue weighted by atomic mass is 79.9. The Morgan fingerprint density at radius 1 is 0.947 bits per heavy atom. The van der Waals surface area contributed by atoms with E-state index < -0.39 is 0 Å². The van der Waals surface area contributed by atoms with Crippen molar-refractivity contribution >= 4 is 21.5 Å². The molecule has 2 aromatic rings. The maximum Gasteiger partial charge on any atom is 0.0178 e. The maximum atomic E-state index is 3.58. The molecule has 1 aliphatic rings. The van der Waals surface area contributed by atoms with E-state index in [2.05, 4.69) is 85.2 Å². The summed E-state index contributed by atoms with van der Waals surface area (Å²) in [6.07, 6.45) is 2.38. The molecule has 96 valence electrons. The molecule has 0 unspecified atom stereocenters. The first-order valence-corrected chi connectivity index (χ1v) is 7.37. The van der Waals surface area contributed by atoms with Crippen molar-refractivity contribution in [2.24, 2.45) is 0 Å². The van der Waals surface area contributed by atoms with E-state index >= 15 is 0 Å². The summed E-state index contributed by atoms with van der Waals surface area (Å²) in [7, 11) is 0. The summed E-state index contributed by atoms with van der Waals surface area (Å²) >= 11 is 3.58. The van der Waals surface area contributed by atoms with Gasteiger partial charge in [0.25, 0.3) is 0 Å². The third kappa shape index (κ3) is 2.17. The van der Waals surface area contributed by atoms with Gasteiger partial charge in [-0.2, -0.15) is 0 Å². The monoisotopic (exact) mass is 312 g/mol. The molecule has 3 rings (SSSR count). The largest absolute Gasteiger partial charge is 0.0660 e. The van der Waals surface area contributed by atoms with Crippen LogP contribution in [0, 0.1) is 6.92 Å². The van der Waals surface area contributed by atoms with Gasteiger partial charge in [-0.25, -0.2) is 0 Å². The van der Waals surface area contributed by atoms with Gasteiger partial charge in [-0.15, -0.1) is 0 Å². The van der Waals surface area contributed by atoms with E-state index in [4.69, 9.17) is 0 Å². The molecule has 0 atom stereocenters. The van der Waals surface area contributed by atoms with E-state index in [0.29, 0.717) is 0 Å². The summed E-state index contributed by atoms with van der Waals surface area (Å²) < 4.78 is 1.15. The van der Waals surface area contributed by atoms with Gasteiger partial charge in [-0.1, -0.05) is 71.7 Å². The van der Waals surface area contributed by atoms with Crippen LogP contribution >= 0.6 is 15.9 Å². The molecule has 0 nitrogen and oxygen atoms in total. The average molecular weight is 313 g/mol. The van der Waals surface area contributed by atoms with Crippen LogP contribution < -0.4 is 0 Å². The predicted molar refractivity (Wildman–Crippen MR) is 85.4 cm³/mol. The van der Waals surface area contributed by atoms with E-state index in [-0.39, 0.29) is 5.41 Å². The summed E-state index contributed by atoms with van der Waals surface area (Å²) in [6.45, 7) is 6.68. The molecule has 2 aromatic carbocycles. The Morgan fingerprint density at radius 3 is 2.32 bits per heavy atom. The molecule has 0 N–H and O–H groups in total. The van der Waals surface area contributed by atoms with Crippen LogP contribution in [0.4, 0.5) is 0 Å². The first kappa shape index (κ1) is 12.7. The van der Waals surface area contributed by atoms with E-state index in [9.17, 15) is 0 Å². The highest BCUT2D eigenvalue weighted by molar-refractivity contribution is 9.10. The second kappa shape index (κ2) is 4.35. The number of hydrogen-bond donors (Lipinski definition) is 0. The van der Waals surface area contributed by atoms with Gasteiger partial charge in [0.15, 0.2) is 0 Å². The average Bonchev–Trinajstić information content (AvgIpc) is 2.62. The molecule has 0 radical (unpaired) electrons. The quantitative estimate of drug-likeness (QED) is 0.654. The molecule has 0 fully saturated rings. The van der Waals surface area contributed by atoms with Crippen molar-refractivity contribution in [3.8, 4) is 0 Å². The summed E-state index contributed by atoms with van der Waals surface area (Å²) in [4.78, 5) is 0. The molecule has 0 saturated carbocycles. The van der Waals surface area contributed by atoms with Crippen LogP contribution in [0.3, 0.4) is 0 Å². The van der Waals surface area contributed by atoms with Crippen molar-refractivity contribution in [2.75, 3.05) is 0 Å². The van der Waals surface area contributed by atoms with Crippen molar-refractivity contribution in [3.63, 3.8) is 0 Å². The zero-order valence-electron chi connectivity index (χ0n) is 11.5. The Labute approximate surface area is 123 Å². The molecule has 0 aliphatic heterocycles. The fourth-order valence-corrected chi connectivity index (χ4v) is 3.13. The molecule has 0 saturated heterocycles. The van der Waals surface area contributed by atoms with Crippen molar-refractivity contribution in [1.82, 2.24) is 0 Å². The van der Waals surface area contributed by atoms with Crippen LogP contribution in [-0.2, 0) is 5.41 Å². The third-order valence-corrected chi connectivity index (χ3v) is 4.33. The molecular weight excluding hydrogens is 296 g/mol. The predicted octanol–water partition coefficient (Wildman–Crippen LogP) is 5.48. The molecule has 0 spiro atoms. The van der Waals surface area contributed by atoms with Crippen LogP contribution in [-0.4, -0.2) is 0 Å². The minimum Gasteiger partial charge on any atom is -0.0660 e. The second-order valence-corrected chi connectivity index (χ2v) is 6.75. The van der Waals surface area contributed by atoms with E-state index in [1.54, 1.807) is 0 Å². The molecule has 0 bridgehead atoms. The molecule has 0 heterocycles. The first-order chi connectivity index (χ1) is 8.97. The van der Waals surface area contributed by atoms with Crippen LogP contribution in [0.15, 0.2) is 53.0 Å². The Morgan fingerprint density at radius 2 is 1.63 bits per heavy atom. The summed E-state index contributed by atoms with van der Waals surface area (Å²) in [6, 6.07) is 15.4. The number of rotatable bonds is 1. The second-order valence-electron chi connectivity index (χ2n) is 5.84. The number of halogens is 1. The summed E-state index contributed by atoms with van der Waals surface area (Å²) in [5.41, 5.74) is 6.82. The molecule has 0 amide bonds. The van der Waals surface area contributed by atoms with Crippen molar-refractivity contribution < 1.29 is 0 Å². The first-order valence-electron chi connectivity index (χ1n) is 6.58. The van der Waals surface area contributed by atoms with Gasteiger partial charge in [0.2, 0.25) is 0 Å². The smallest absolute Gasteiger partial charge is 0.0178 e. The van der Waals surface area contributed by atoms with Crippen LogP contribution in [0.5, 0.6) is 0 Å². The van der Waals surface area contributed by atoms with Crippen LogP contribution in [0.2, 0.25) is 0 Å². The standard InChI is InChI=1S/C18H17Br/c1-12-4-6-13(7-5-12)16-11-18(2,3)17-10-14(19)8-9-15(16)17/h4-11H,1-3H3. The van der Waals surface area contributed by atoms with Crippen molar-refractivity contribution in [3.05, 3.63) is 75.3 Å². The lowest BCUT2D eigenvalue weighted by molar-refractivity contribution is 0.682. The zero-order valence-corrected chi connectivity index (χ0v) is 13.1. The Bertz CT molecular complexity index is 661. The number of hydrogen-bond acceptors (Lipinski definition) is 0. The SMILES string of the molecule is Cc1ccc(C2=CC(C)(C)c3cc(Br)ccc32)cc1. The topological polar surface area (TPSA) is 0 Å². The lowest BCUT2D eigenvalue weighted by Gasteiger charge is -2.17. The minimum absolute atomic E-state index is 0.0966. The zero-order chi connectivity index (χ0) is 13.6. The molecular formula is C18H17Br. The summed E-state index contributed by atoms with van der Waals surface area (Å²) in [5, 5.41) is 0. The lowest BCUT2D eigenvalue weighted by Crippen LogP contribution is -2.10. The van der Waals surface area contributed by atoms with Gasteiger partial charge in [-0.05, 0) is 41.3 Å². The fraction of sp³-hybridized carbons (Fsp3) is 0.222. The number of allylic oxidation sites excluding steroid dienone is 1. The van der Waals surface area contributed by atoms with E-state index in [0.717, 1.165) is 4.47 Å². The maximum absolute atomic E-state index is 3.58. The molecule has 19 heavy (non-hydrogen) atoms. The van der Waals surface area contributed by atoms with Gasteiger partial charge < -0.3 is 0 Å². The van der Waals surface area contributed by atoms with Crippen molar-refractivity contribution in [1.29, 1.82) is 0 Å². The van der Waals surface area contributed by atoms with Gasteiger partial charge in [0, 0.05) is 9.89 Å². The fourth-order valence-electron chi connectivity index (χ4n) is 2.77. The minimum atomic E-state index is 0.0966. The van der Waals surface area contributed by atoms with Gasteiger partial charge >= 0.3 is 0 Å². The summed E-state index contributed by atoms with van der Waals surface area (Å²) in [5.74, 6) is 0. The van der Waals surface area contributed by atoms with Gasteiger partial charge in [-0.3, -0.25) is 0 Å². The normalized spacial score (nSPS) is 16.1.